The highest BCUT2D eigenvalue weighted by Gasteiger charge is 2.30. The highest BCUT2D eigenvalue weighted by Crippen LogP contribution is 2.24. The summed E-state index contributed by atoms with van der Waals surface area (Å²) in [5, 5.41) is 10.4. The molecular weight excluding hydrogens is 319 g/mol. The van der Waals surface area contributed by atoms with Gasteiger partial charge in [-0.1, -0.05) is 24.3 Å². The number of benzene rings is 1. The summed E-state index contributed by atoms with van der Waals surface area (Å²) in [6, 6.07) is 10.5. The molecule has 0 saturated carbocycles. The number of amides is 1. The minimum atomic E-state index is -0.615. The molecule has 25 heavy (non-hydrogen) atoms. The van der Waals surface area contributed by atoms with Gasteiger partial charge in [0.15, 0.2) is 0 Å². The van der Waals surface area contributed by atoms with E-state index in [2.05, 4.69) is 4.98 Å². The molecule has 0 spiro atoms. The van der Waals surface area contributed by atoms with Gasteiger partial charge in [-0.2, -0.15) is 0 Å². The van der Waals surface area contributed by atoms with E-state index in [-0.39, 0.29) is 17.6 Å². The molecule has 2 atom stereocenters. The second-order valence-corrected chi connectivity index (χ2v) is 6.61. The number of rotatable bonds is 5. The third-order valence-electron chi connectivity index (χ3n) is 4.86. The largest absolute Gasteiger partial charge is 0.391 e. The first-order valence-electron chi connectivity index (χ1n) is 8.71. The van der Waals surface area contributed by atoms with E-state index in [4.69, 9.17) is 0 Å². The minimum Gasteiger partial charge on any atom is -0.391 e. The van der Waals surface area contributed by atoms with Gasteiger partial charge in [0.2, 0.25) is 5.91 Å². The number of halogens is 1. The maximum absolute atomic E-state index is 13.8. The normalized spacial score (nSPS) is 20.5. The van der Waals surface area contributed by atoms with Crippen LogP contribution in [-0.2, 0) is 17.6 Å². The zero-order chi connectivity index (χ0) is 17.6. The first kappa shape index (κ1) is 17.5. The molecule has 1 N–H and O–H groups in total. The van der Waals surface area contributed by atoms with Crippen molar-refractivity contribution < 1.29 is 14.3 Å². The number of pyridine rings is 1. The van der Waals surface area contributed by atoms with Gasteiger partial charge in [-0.15, -0.1) is 0 Å². The number of aliphatic hydroxyl groups excluding tert-OH is 1. The lowest BCUT2D eigenvalue weighted by atomic mass is 9.87. The third kappa shape index (κ3) is 4.63. The Morgan fingerprint density at radius 1 is 1.28 bits per heavy atom. The zero-order valence-electron chi connectivity index (χ0n) is 14.1. The van der Waals surface area contributed by atoms with Gasteiger partial charge >= 0.3 is 0 Å². The summed E-state index contributed by atoms with van der Waals surface area (Å²) in [6.45, 7) is 0.938. The third-order valence-corrected chi connectivity index (χ3v) is 4.86. The van der Waals surface area contributed by atoms with E-state index in [1.165, 1.54) is 6.07 Å². The number of hydrogen-bond donors (Lipinski definition) is 1. The van der Waals surface area contributed by atoms with E-state index in [1.807, 2.05) is 18.2 Å². The fourth-order valence-corrected chi connectivity index (χ4v) is 3.35. The van der Waals surface area contributed by atoms with Crippen LogP contribution in [0.4, 0.5) is 4.39 Å². The molecule has 1 amide bonds. The van der Waals surface area contributed by atoms with Gasteiger partial charge in [-0.3, -0.25) is 9.78 Å². The number of aromatic nitrogens is 1. The second-order valence-electron chi connectivity index (χ2n) is 6.61. The molecule has 4 nitrogen and oxygen atoms in total. The lowest BCUT2D eigenvalue weighted by Gasteiger charge is -2.36. The molecule has 0 aliphatic carbocycles. The maximum atomic E-state index is 13.8. The van der Waals surface area contributed by atoms with Crippen molar-refractivity contribution in [2.24, 2.45) is 5.92 Å². The van der Waals surface area contributed by atoms with Crippen LogP contribution in [-0.4, -0.2) is 40.1 Å². The fourth-order valence-electron chi connectivity index (χ4n) is 3.35. The number of aliphatic hydroxyl groups is 1. The molecule has 1 saturated heterocycles. The summed E-state index contributed by atoms with van der Waals surface area (Å²) in [6.07, 6.45) is 5.12. The molecule has 5 heteroatoms. The number of carbonyl (C=O) groups is 1. The van der Waals surface area contributed by atoms with Crippen molar-refractivity contribution >= 4 is 5.91 Å². The van der Waals surface area contributed by atoms with E-state index in [9.17, 15) is 14.3 Å². The van der Waals surface area contributed by atoms with Crippen molar-refractivity contribution in [1.29, 1.82) is 0 Å². The van der Waals surface area contributed by atoms with Crippen LogP contribution < -0.4 is 0 Å². The molecule has 1 aliphatic rings. The number of piperidine rings is 1. The Bertz CT molecular complexity index is 708. The van der Waals surface area contributed by atoms with Gasteiger partial charge in [0.1, 0.15) is 5.82 Å². The van der Waals surface area contributed by atoms with E-state index >= 15 is 0 Å². The Morgan fingerprint density at radius 2 is 2.12 bits per heavy atom. The Morgan fingerprint density at radius 3 is 2.84 bits per heavy atom. The average molecular weight is 342 g/mol. The number of likely N-dealkylation sites (tertiary alicyclic amines) is 1. The van der Waals surface area contributed by atoms with Crippen molar-refractivity contribution in [3.63, 3.8) is 0 Å². The minimum absolute atomic E-state index is 0.0146. The smallest absolute Gasteiger partial charge is 0.222 e. The number of carbonyl (C=O) groups excluding carboxylic acids is 1. The van der Waals surface area contributed by atoms with Crippen LogP contribution in [0.25, 0.3) is 0 Å². The SMILES string of the molecule is O=C(CCc1cccnc1)N1CC[C@H](Cc2ccccc2F)[C@@H](O)C1. The molecule has 1 aliphatic heterocycles. The lowest BCUT2D eigenvalue weighted by molar-refractivity contribution is -0.135. The van der Waals surface area contributed by atoms with E-state index in [1.54, 1.807) is 29.4 Å². The zero-order valence-corrected chi connectivity index (χ0v) is 14.1. The van der Waals surface area contributed by atoms with Crippen LogP contribution in [0.1, 0.15) is 24.0 Å². The molecule has 3 rings (SSSR count). The molecule has 0 bridgehead atoms. The molecule has 0 unspecified atom stereocenters. The summed E-state index contributed by atoms with van der Waals surface area (Å²) in [5.74, 6) is -0.198. The predicted octanol–water partition coefficient (Wildman–Crippen LogP) is 2.61. The summed E-state index contributed by atoms with van der Waals surface area (Å²) in [4.78, 5) is 18.1. The molecular formula is C20H23FN2O2. The van der Waals surface area contributed by atoms with Gasteiger partial charge in [0, 0.05) is 31.9 Å². The molecule has 1 aromatic heterocycles. The van der Waals surface area contributed by atoms with Crippen LogP contribution in [0.5, 0.6) is 0 Å². The first-order chi connectivity index (χ1) is 12.1. The van der Waals surface area contributed by atoms with Gasteiger partial charge < -0.3 is 10.0 Å². The van der Waals surface area contributed by atoms with E-state index < -0.39 is 6.10 Å². The van der Waals surface area contributed by atoms with Gasteiger partial charge in [-0.25, -0.2) is 4.39 Å². The van der Waals surface area contributed by atoms with Gasteiger partial charge in [0.05, 0.1) is 6.10 Å². The quantitative estimate of drug-likeness (QED) is 0.909. The number of hydrogen-bond acceptors (Lipinski definition) is 3. The Labute approximate surface area is 147 Å². The van der Waals surface area contributed by atoms with E-state index in [0.717, 1.165) is 5.56 Å². The summed E-state index contributed by atoms with van der Waals surface area (Å²) >= 11 is 0. The van der Waals surface area contributed by atoms with Crippen molar-refractivity contribution in [1.82, 2.24) is 9.88 Å². The highest BCUT2D eigenvalue weighted by molar-refractivity contribution is 5.76. The Balaban J connectivity index is 1.51. The molecule has 2 aromatic rings. The van der Waals surface area contributed by atoms with Crippen molar-refractivity contribution in [2.75, 3.05) is 13.1 Å². The van der Waals surface area contributed by atoms with Crippen molar-refractivity contribution in [2.45, 2.75) is 31.8 Å². The highest BCUT2D eigenvalue weighted by atomic mass is 19.1. The Hall–Kier alpha value is -2.27. The fraction of sp³-hybridized carbons (Fsp3) is 0.400. The molecule has 2 heterocycles. The van der Waals surface area contributed by atoms with Crippen molar-refractivity contribution in [3.8, 4) is 0 Å². The van der Waals surface area contributed by atoms with Crippen molar-refractivity contribution in [3.05, 3.63) is 65.7 Å². The summed E-state index contributed by atoms with van der Waals surface area (Å²) in [7, 11) is 0. The first-order valence-corrected chi connectivity index (χ1v) is 8.71. The molecule has 1 aromatic carbocycles. The molecule has 132 valence electrons. The topological polar surface area (TPSA) is 53.4 Å². The van der Waals surface area contributed by atoms with Gasteiger partial charge in [-0.05, 0) is 48.4 Å². The second kappa shape index (κ2) is 8.21. The standard InChI is InChI=1S/C20H23FN2O2/c21-18-6-2-1-5-16(18)12-17-9-11-23(14-19(17)24)20(25)8-7-15-4-3-10-22-13-15/h1-6,10,13,17,19,24H,7-9,11-12,14H2/t17-,19+/m1/s1. The number of β-amino-alcohol motifs (C(OH)–C–C–N with tert-alkyl or cyclic N) is 1. The van der Waals surface area contributed by atoms with Crippen LogP contribution in [0, 0.1) is 11.7 Å². The van der Waals surface area contributed by atoms with Crippen LogP contribution >= 0.6 is 0 Å². The lowest BCUT2D eigenvalue weighted by Crippen LogP contribution is -2.47. The number of aryl methyl sites for hydroxylation is 1. The summed E-state index contributed by atoms with van der Waals surface area (Å²) < 4.78 is 13.8. The predicted molar refractivity (Wildman–Crippen MR) is 93.4 cm³/mol. The number of nitrogens with zero attached hydrogens (tertiary/aromatic N) is 2. The Kier molecular flexibility index (Phi) is 5.76. The molecule has 1 fully saturated rings. The van der Waals surface area contributed by atoms with Crippen LogP contribution in [0.15, 0.2) is 48.8 Å². The van der Waals surface area contributed by atoms with Crippen LogP contribution in [0.3, 0.4) is 0 Å². The molecule has 0 radical (unpaired) electrons. The monoisotopic (exact) mass is 342 g/mol. The van der Waals surface area contributed by atoms with Crippen LogP contribution in [0.2, 0.25) is 0 Å². The van der Waals surface area contributed by atoms with E-state index in [0.29, 0.717) is 44.3 Å². The summed E-state index contributed by atoms with van der Waals surface area (Å²) in [5.41, 5.74) is 1.66. The maximum Gasteiger partial charge on any atom is 0.222 e. The average Bonchev–Trinajstić information content (AvgIpc) is 2.64. The van der Waals surface area contributed by atoms with Gasteiger partial charge in [0.25, 0.3) is 0 Å².